The van der Waals surface area contributed by atoms with E-state index in [0.717, 1.165) is 0 Å². The molecule has 1 aromatic carbocycles. The fourth-order valence-electron chi connectivity index (χ4n) is 2.92. The number of rotatable bonds is 5. The minimum absolute atomic E-state index is 0.193. The first-order valence-electron chi connectivity index (χ1n) is 7.54. The molecule has 1 atom stereocenters. The van der Waals surface area contributed by atoms with Gasteiger partial charge in [0.2, 0.25) is 0 Å². The Morgan fingerprint density at radius 3 is 2.54 bits per heavy atom. The van der Waals surface area contributed by atoms with Gasteiger partial charge in [-0.05, 0) is 30.7 Å². The van der Waals surface area contributed by atoms with Gasteiger partial charge < -0.3 is 10.8 Å². The SMILES string of the molecule is NC1(C(=O)O)CCN(Cc2cccn2S(=O)(=O)c2ccccc2)C1. The predicted molar refractivity (Wildman–Crippen MR) is 87.9 cm³/mol. The topological polar surface area (TPSA) is 106 Å². The van der Waals surface area contributed by atoms with Crippen LogP contribution in [0.4, 0.5) is 0 Å². The largest absolute Gasteiger partial charge is 0.480 e. The fraction of sp³-hybridized carbons (Fsp3) is 0.312. The first-order chi connectivity index (χ1) is 11.3. The number of aliphatic carboxylic acids is 1. The number of likely N-dealkylation sites (tertiary alicyclic amines) is 1. The molecule has 0 saturated carbocycles. The Morgan fingerprint density at radius 1 is 1.21 bits per heavy atom. The second-order valence-electron chi connectivity index (χ2n) is 6.04. The molecule has 8 heteroatoms. The summed E-state index contributed by atoms with van der Waals surface area (Å²) in [5.41, 5.74) is 5.18. The van der Waals surface area contributed by atoms with Crippen LogP contribution in [0.15, 0.2) is 53.6 Å². The number of nitrogens with zero attached hydrogens (tertiary/aromatic N) is 2. The third kappa shape index (κ3) is 2.95. The quantitative estimate of drug-likeness (QED) is 0.824. The minimum Gasteiger partial charge on any atom is -0.480 e. The van der Waals surface area contributed by atoms with Crippen LogP contribution in [-0.4, -0.2) is 47.0 Å². The number of carbonyl (C=O) groups is 1. The lowest BCUT2D eigenvalue weighted by molar-refractivity contribution is -0.142. The summed E-state index contributed by atoms with van der Waals surface area (Å²) in [7, 11) is -3.67. The summed E-state index contributed by atoms with van der Waals surface area (Å²) in [6, 6.07) is 11.6. The van der Waals surface area contributed by atoms with E-state index < -0.39 is 21.5 Å². The zero-order chi connectivity index (χ0) is 17.4. The summed E-state index contributed by atoms with van der Waals surface area (Å²) in [6.45, 7) is 1.03. The average molecular weight is 349 g/mol. The monoisotopic (exact) mass is 349 g/mol. The number of carboxylic acid groups (broad SMARTS) is 1. The van der Waals surface area contributed by atoms with Gasteiger partial charge in [0, 0.05) is 31.5 Å². The third-order valence-corrected chi connectivity index (χ3v) is 6.03. The van der Waals surface area contributed by atoms with E-state index in [9.17, 15) is 18.3 Å². The van der Waals surface area contributed by atoms with E-state index in [1.807, 2.05) is 4.90 Å². The van der Waals surface area contributed by atoms with E-state index in [2.05, 4.69) is 0 Å². The van der Waals surface area contributed by atoms with Crippen molar-refractivity contribution >= 4 is 16.0 Å². The van der Waals surface area contributed by atoms with Crippen molar-refractivity contribution in [2.45, 2.75) is 23.4 Å². The Bertz CT molecular complexity index is 847. The molecule has 2 aromatic rings. The molecule has 24 heavy (non-hydrogen) atoms. The van der Waals surface area contributed by atoms with Crippen LogP contribution < -0.4 is 5.73 Å². The van der Waals surface area contributed by atoms with E-state index in [4.69, 9.17) is 5.73 Å². The molecular weight excluding hydrogens is 330 g/mol. The molecule has 128 valence electrons. The highest BCUT2D eigenvalue weighted by molar-refractivity contribution is 7.90. The van der Waals surface area contributed by atoms with Crippen molar-refractivity contribution in [2.75, 3.05) is 13.1 Å². The van der Waals surface area contributed by atoms with E-state index in [1.165, 1.54) is 10.2 Å². The normalized spacial score (nSPS) is 21.9. The van der Waals surface area contributed by atoms with E-state index in [0.29, 0.717) is 25.2 Å². The van der Waals surface area contributed by atoms with Gasteiger partial charge in [-0.25, -0.2) is 12.4 Å². The molecule has 1 saturated heterocycles. The molecule has 0 spiro atoms. The first kappa shape index (κ1) is 16.7. The van der Waals surface area contributed by atoms with Crippen LogP contribution in [0.2, 0.25) is 0 Å². The van der Waals surface area contributed by atoms with Gasteiger partial charge in [-0.2, -0.15) is 0 Å². The smallest absolute Gasteiger partial charge is 0.325 e. The number of benzene rings is 1. The maximum Gasteiger partial charge on any atom is 0.325 e. The van der Waals surface area contributed by atoms with Crippen molar-refractivity contribution in [1.82, 2.24) is 8.87 Å². The first-order valence-corrected chi connectivity index (χ1v) is 8.98. The maximum atomic E-state index is 12.8. The molecule has 2 heterocycles. The summed E-state index contributed by atoms with van der Waals surface area (Å²) >= 11 is 0. The lowest BCUT2D eigenvalue weighted by atomic mass is 10.0. The summed E-state index contributed by atoms with van der Waals surface area (Å²) in [5, 5.41) is 9.20. The van der Waals surface area contributed by atoms with Crippen molar-refractivity contribution in [3.05, 3.63) is 54.4 Å². The highest BCUT2D eigenvalue weighted by Gasteiger charge is 2.41. The second-order valence-corrected chi connectivity index (χ2v) is 7.85. The van der Waals surface area contributed by atoms with E-state index in [1.54, 1.807) is 42.5 Å². The molecule has 1 fully saturated rings. The Balaban J connectivity index is 1.84. The lowest BCUT2D eigenvalue weighted by Crippen LogP contribution is -2.50. The zero-order valence-electron chi connectivity index (χ0n) is 13.0. The van der Waals surface area contributed by atoms with Gasteiger partial charge in [0.05, 0.1) is 4.90 Å². The van der Waals surface area contributed by atoms with E-state index in [-0.39, 0.29) is 11.4 Å². The summed E-state index contributed by atoms with van der Waals surface area (Å²) in [4.78, 5) is 13.3. The van der Waals surface area contributed by atoms with Crippen LogP contribution in [0.25, 0.3) is 0 Å². The van der Waals surface area contributed by atoms with Crippen LogP contribution >= 0.6 is 0 Å². The van der Waals surface area contributed by atoms with Gasteiger partial charge in [-0.15, -0.1) is 0 Å². The number of nitrogens with two attached hydrogens (primary N) is 1. The standard InChI is InChI=1S/C16H19N3O4S/c17-16(15(20)21)8-10-18(12-16)11-13-5-4-9-19(13)24(22,23)14-6-2-1-3-7-14/h1-7,9H,8,10-12,17H2,(H,20,21). The molecule has 1 aromatic heterocycles. The number of aromatic nitrogens is 1. The number of carboxylic acids is 1. The van der Waals surface area contributed by atoms with Gasteiger partial charge >= 0.3 is 5.97 Å². The van der Waals surface area contributed by atoms with Gasteiger partial charge in [-0.1, -0.05) is 18.2 Å². The molecule has 1 aliphatic heterocycles. The fourth-order valence-corrected chi connectivity index (χ4v) is 4.30. The van der Waals surface area contributed by atoms with Gasteiger partial charge in [0.15, 0.2) is 0 Å². The molecule has 0 amide bonds. The van der Waals surface area contributed by atoms with Crippen LogP contribution in [-0.2, 0) is 21.4 Å². The molecule has 0 radical (unpaired) electrons. The van der Waals surface area contributed by atoms with Crippen molar-refractivity contribution in [1.29, 1.82) is 0 Å². The summed E-state index contributed by atoms with van der Waals surface area (Å²) in [5.74, 6) is -1.03. The van der Waals surface area contributed by atoms with Crippen LogP contribution in [0, 0.1) is 0 Å². The molecule has 1 aliphatic rings. The molecular formula is C16H19N3O4S. The van der Waals surface area contributed by atoms with Crippen molar-refractivity contribution in [2.24, 2.45) is 5.73 Å². The highest BCUT2D eigenvalue weighted by atomic mass is 32.2. The third-order valence-electron chi connectivity index (χ3n) is 4.28. The molecule has 1 unspecified atom stereocenters. The van der Waals surface area contributed by atoms with Gasteiger partial charge in [-0.3, -0.25) is 9.69 Å². The summed E-state index contributed by atoms with van der Waals surface area (Å²) in [6.07, 6.45) is 1.84. The Hall–Kier alpha value is -2.16. The van der Waals surface area contributed by atoms with Crippen LogP contribution in [0.3, 0.4) is 0 Å². The molecule has 7 nitrogen and oxygen atoms in total. The Morgan fingerprint density at radius 2 is 1.92 bits per heavy atom. The van der Waals surface area contributed by atoms with Gasteiger partial charge in [0.1, 0.15) is 5.54 Å². The second kappa shape index (κ2) is 6.04. The Kier molecular flexibility index (Phi) is 4.20. The molecule has 3 rings (SSSR count). The summed E-state index contributed by atoms with van der Waals surface area (Å²) < 4.78 is 26.7. The number of hydrogen-bond donors (Lipinski definition) is 2. The van der Waals surface area contributed by atoms with Gasteiger partial charge in [0.25, 0.3) is 10.0 Å². The number of hydrogen-bond acceptors (Lipinski definition) is 5. The zero-order valence-corrected chi connectivity index (χ0v) is 13.8. The average Bonchev–Trinajstić information content (AvgIpc) is 3.17. The highest BCUT2D eigenvalue weighted by Crippen LogP contribution is 2.23. The molecule has 0 bridgehead atoms. The van der Waals surface area contributed by atoms with Crippen LogP contribution in [0.1, 0.15) is 12.1 Å². The minimum atomic E-state index is -3.67. The van der Waals surface area contributed by atoms with Crippen LogP contribution in [0.5, 0.6) is 0 Å². The molecule has 3 N–H and O–H groups in total. The Labute approximate surface area is 140 Å². The lowest BCUT2D eigenvalue weighted by Gasteiger charge is -2.20. The van der Waals surface area contributed by atoms with E-state index >= 15 is 0 Å². The molecule has 0 aliphatic carbocycles. The maximum absolute atomic E-state index is 12.8. The van der Waals surface area contributed by atoms with Crippen molar-refractivity contribution in [3.8, 4) is 0 Å². The van der Waals surface area contributed by atoms with Crippen molar-refractivity contribution in [3.63, 3.8) is 0 Å². The predicted octanol–water partition coefficient (Wildman–Crippen LogP) is 0.713. The van der Waals surface area contributed by atoms with Crippen molar-refractivity contribution < 1.29 is 18.3 Å².